The van der Waals surface area contributed by atoms with E-state index in [2.05, 4.69) is 74.7 Å². The highest BCUT2D eigenvalue weighted by molar-refractivity contribution is 8.00. The first kappa shape index (κ1) is 19.8. The molecule has 0 radical (unpaired) electrons. The van der Waals surface area contributed by atoms with Crippen LogP contribution in [0.4, 0.5) is 11.4 Å². The van der Waals surface area contributed by atoms with Gasteiger partial charge < -0.3 is 10.6 Å². The zero-order chi connectivity index (χ0) is 19.9. The predicted octanol–water partition coefficient (Wildman–Crippen LogP) is 6.93. The van der Waals surface area contributed by atoms with Crippen LogP contribution < -0.4 is 10.6 Å². The van der Waals surface area contributed by atoms with Crippen LogP contribution in [0.25, 0.3) is 0 Å². The summed E-state index contributed by atoms with van der Waals surface area (Å²) in [5.74, 6) is 0. The summed E-state index contributed by atoms with van der Waals surface area (Å²) < 4.78 is 0.273. The molecule has 0 aromatic heterocycles. The van der Waals surface area contributed by atoms with Crippen LogP contribution >= 0.6 is 24.0 Å². The van der Waals surface area contributed by atoms with E-state index >= 15 is 0 Å². The Morgan fingerprint density at radius 2 is 1.54 bits per heavy atom. The van der Waals surface area contributed by atoms with Gasteiger partial charge in [-0.3, -0.25) is 0 Å². The highest BCUT2D eigenvalue weighted by Gasteiger charge is 2.38. The molecule has 2 N–H and O–H groups in total. The number of aryl methyl sites for hydroxylation is 2. The van der Waals surface area contributed by atoms with E-state index in [1.54, 1.807) is 0 Å². The molecule has 28 heavy (non-hydrogen) atoms. The van der Waals surface area contributed by atoms with Crippen LogP contribution in [-0.2, 0) is 18.3 Å². The van der Waals surface area contributed by atoms with Gasteiger partial charge in [-0.05, 0) is 96.8 Å². The Labute approximate surface area is 178 Å². The van der Waals surface area contributed by atoms with Crippen LogP contribution in [0.1, 0.15) is 63.6 Å². The molecule has 0 spiro atoms. The molecule has 4 heteroatoms. The molecule has 2 aromatic carbocycles. The first-order valence-corrected chi connectivity index (χ1v) is 11.5. The molecule has 1 aliphatic carbocycles. The van der Waals surface area contributed by atoms with Gasteiger partial charge in [-0.1, -0.05) is 33.8 Å². The molecular formula is C24H30N2S2. The van der Waals surface area contributed by atoms with E-state index < -0.39 is 0 Å². The first-order chi connectivity index (χ1) is 13.2. The Morgan fingerprint density at radius 3 is 2.29 bits per heavy atom. The molecule has 0 unspecified atom stereocenters. The molecule has 1 heterocycles. The molecule has 0 saturated heterocycles. The third kappa shape index (κ3) is 4.23. The molecule has 2 aromatic rings. The summed E-state index contributed by atoms with van der Waals surface area (Å²) in [4.78, 5) is 1.39. The van der Waals surface area contributed by atoms with Crippen molar-refractivity contribution >= 4 is 40.5 Å². The van der Waals surface area contributed by atoms with Gasteiger partial charge in [0.05, 0.1) is 0 Å². The molecule has 0 atom stereocenters. The number of anilines is 2. The number of benzene rings is 2. The molecule has 0 fully saturated rings. The SMILES string of the molecule is CC1(C)CC(C)(C)c2cc(NC(=S)Nc3ccc4c(c3)CCCC4)ccc2S1. The molecule has 2 nitrogen and oxygen atoms in total. The van der Waals surface area contributed by atoms with Gasteiger partial charge in [0.2, 0.25) is 0 Å². The maximum Gasteiger partial charge on any atom is 0.175 e. The Bertz CT molecular complexity index is 915. The van der Waals surface area contributed by atoms with E-state index in [1.807, 2.05) is 11.8 Å². The van der Waals surface area contributed by atoms with Crippen molar-refractivity contribution in [1.29, 1.82) is 0 Å². The third-order valence-corrected chi connectivity index (χ3v) is 7.30. The van der Waals surface area contributed by atoms with Crippen molar-refractivity contribution in [2.75, 3.05) is 10.6 Å². The summed E-state index contributed by atoms with van der Waals surface area (Å²) in [5, 5.41) is 7.41. The van der Waals surface area contributed by atoms with Gasteiger partial charge in [0, 0.05) is 21.0 Å². The van der Waals surface area contributed by atoms with Crippen LogP contribution in [0.3, 0.4) is 0 Å². The van der Waals surface area contributed by atoms with Gasteiger partial charge in [0.15, 0.2) is 5.11 Å². The fourth-order valence-electron chi connectivity index (χ4n) is 4.82. The summed E-state index contributed by atoms with van der Waals surface area (Å²) in [7, 11) is 0. The molecule has 1 aliphatic heterocycles. The number of thiocarbonyl (C=S) groups is 1. The van der Waals surface area contributed by atoms with Crippen molar-refractivity contribution in [2.24, 2.45) is 0 Å². The van der Waals surface area contributed by atoms with Crippen molar-refractivity contribution in [1.82, 2.24) is 0 Å². The molecule has 0 amide bonds. The largest absolute Gasteiger partial charge is 0.332 e. The maximum atomic E-state index is 5.59. The topological polar surface area (TPSA) is 24.1 Å². The van der Waals surface area contributed by atoms with Crippen molar-refractivity contribution < 1.29 is 0 Å². The minimum atomic E-state index is 0.162. The highest BCUT2D eigenvalue weighted by Crippen LogP contribution is 2.51. The van der Waals surface area contributed by atoms with Crippen molar-refractivity contribution in [2.45, 2.75) is 74.9 Å². The summed E-state index contributed by atoms with van der Waals surface area (Å²) >= 11 is 7.58. The van der Waals surface area contributed by atoms with Crippen LogP contribution in [0.2, 0.25) is 0 Å². The zero-order valence-electron chi connectivity index (χ0n) is 17.3. The van der Waals surface area contributed by atoms with Gasteiger partial charge in [-0.2, -0.15) is 0 Å². The minimum Gasteiger partial charge on any atom is -0.332 e. The number of fused-ring (bicyclic) bond motifs is 2. The van der Waals surface area contributed by atoms with E-state index in [-0.39, 0.29) is 10.2 Å². The lowest BCUT2D eigenvalue weighted by Crippen LogP contribution is -2.33. The normalized spacial score (nSPS) is 19.3. The fraction of sp³-hybridized carbons (Fsp3) is 0.458. The van der Waals surface area contributed by atoms with Gasteiger partial charge in [0.25, 0.3) is 0 Å². The molecular weight excluding hydrogens is 380 g/mol. The van der Waals surface area contributed by atoms with E-state index in [0.717, 1.165) is 11.4 Å². The number of thioether (sulfide) groups is 1. The lowest BCUT2D eigenvalue weighted by atomic mass is 9.77. The van der Waals surface area contributed by atoms with E-state index in [0.29, 0.717) is 5.11 Å². The van der Waals surface area contributed by atoms with Crippen LogP contribution in [0.15, 0.2) is 41.3 Å². The third-order valence-electron chi connectivity index (χ3n) is 5.83. The Hall–Kier alpha value is -1.52. The van der Waals surface area contributed by atoms with Crippen LogP contribution in [-0.4, -0.2) is 9.86 Å². The van der Waals surface area contributed by atoms with E-state index in [9.17, 15) is 0 Å². The highest BCUT2D eigenvalue weighted by atomic mass is 32.2. The monoisotopic (exact) mass is 410 g/mol. The molecule has 2 aliphatic rings. The number of rotatable bonds is 2. The maximum absolute atomic E-state index is 5.59. The average molecular weight is 411 g/mol. The van der Waals surface area contributed by atoms with Crippen molar-refractivity contribution in [3.05, 3.63) is 53.1 Å². The van der Waals surface area contributed by atoms with Crippen LogP contribution in [0, 0.1) is 0 Å². The lowest BCUT2D eigenvalue weighted by molar-refractivity contribution is 0.408. The molecule has 0 saturated carbocycles. The fourth-order valence-corrected chi connectivity index (χ4v) is 6.67. The van der Waals surface area contributed by atoms with Crippen LogP contribution in [0.5, 0.6) is 0 Å². The molecule has 4 rings (SSSR count). The van der Waals surface area contributed by atoms with Crippen molar-refractivity contribution in [3.8, 4) is 0 Å². The standard InChI is InChI=1S/C24H30N2S2/c1-23(2)15-24(3,4)28-21-12-11-19(14-20(21)23)26-22(27)25-18-10-9-16-7-5-6-8-17(16)13-18/h9-14H,5-8,15H2,1-4H3,(H2,25,26,27). The summed E-state index contributed by atoms with van der Waals surface area (Å²) in [5.41, 5.74) is 6.67. The Kier molecular flexibility index (Phi) is 5.22. The summed E-state index contributed by atoms with van der Waals surface area (Å²) in [6.45, 7) is 9.37. The second-order valence-electron chi connectivity index (χ2n) is 9.40. The Balaban J connectivity index is 1.48. The quantitative estimate of drug-likeness (QED) is 0.524. The smallest absolute Gasteiger partial charge is 0.175 e. The average Bonchev–Trinajstić information content (AvgIpc) is 2.61. The number of hydrogen-bond acceptors (Lipinski definition) is 2. The molecule has 0 bridgehead atoms. The second kappa shape index (κ2) is 7.38. The summed E-state index contributed by atoms with van der Waals surface area (Å²) in [6, 6.07) is 13.3. The Morgan fingerprint density at radius 1 is 0.893 bits per heavy atom. The minimum absolute atomic E-state index is 0.162. The predicted molar refractivity (Wildman–Crippen MR) is 127 cm³/mol. The van der Waals surface area contributed by atoms with Crippen molar-refractivity contribution in [3.63, 3.8) is 0 Å². The van der Waals surface area contributed by atoms with E-state index in [4.69, 9.17) is 12.2 Å². The second-order valence-corrected chi connectivity index (χ2v) is 11.6. The summed E-state index contributed by atoms with van der Waals surface area (Å²) in [6.07, 6.45) is 6.15. The number of hydrogen-bond donors (Lipinski definition) is 2. The van der Waals surface area contributed by atoms with Gasteiger partial charge >= 0.3 is 0 Å². The van der Waals surface area contributed by atoms with Gasteiger partial charge in [0.1, 0.15) is 0 Å². The molecule has 148 valence electrons. The first-order valence-electron chi connectivity index (χ1n) is 10.3. The number of nitrogens with one attached hydrogen (secondary N) is 2. The zero-order valence-corrected chi connectivity index (χ0v) is 18.9. The van der Waals surface area contributed by atoms with E-state index in [1.165, 1.54) is 53.7 Å². The lowest BCUT2D eigenvalue weighted by Gasteiger charge is -2.41. The van der Waals surface area contributed by atoms with Gasteiger partial charge in [-0.25, -0.2) is 0 Å². The van der Waals surface area contributed by atoms with Gasteiger partial charge in [-0.15, -0.1) is 11.8 Å².